The van der Waals surface area contributed by atoms with Gasteiger partial charge in [0.25, 0.3) is 0 Å². The van der Waals surface area contributed by atoms with E-state index in [0.29, 0.717) is 12.1 Å². The molecule has 3 nitrogen and oxygen atoms in total. The van der Waals surface area contributed by atoms with E-state index in [0.717, 1.165) is 36.4 Å². The molecule has 4 rings (SSSR count). The molecule has 5 atom stereocenters. The van der Waals surface area contributed by atoms with Gasteiger partial charge < -0.3 is 5.21 Å². The first kappa shape index (κ1) is 13.1. The van der Waals surface area contributed by atoms with Crippen LogP contribution in [0.5, 0.6) is 0 Å². The molecule has 112 valence electrons. The minimum atomic E-state index is 0.678. The van der Waals surface area contributed by atoms with Crippen LogP contribution in [0.4, 0.5) is 0 Å². The smallest absolute Gasteiger partial charge is 0.0601 e. The van der Waals surface area contributed by atoms with E-state index >= 15 is 0 Å². The van der Waals surface area contributed by atoms with Gasteiger partial charge in [-0.05, 0) is 43.9 Å². The summed E-state index contributed by atoms with van der Waals surface area (Å²) in [5.74, 6) is 2.03. The number of rotatable bonds is 1. The van der Waals surface area contributed by atoms with Gasteiger partial charge in [0.15, 0.2) is 0 Å². The van der Waals surface area contributed by atoms with Crippen molar-refractivity contribution in [1.29, 1.82) is 0 Å². The van der Waals surface area contributed by atoms with E-state index in [-0.39, 0.29) is 0 Å². The lowest BCUT2D eigenvalue weighted by Crippen LogP contribution is -2.58. The van der Waals surface area contributed by atoms with Crippen molar-refractivity contribution in [3.05, 3.63) is 0 Å². The van der Waals surface area contributed by atoms with Gasteiger partial charge in [-0.3, -0.25) is 4.90 Å². The van der Waals surface area contributed by atoms with E-state index < -0.39 is 0 Å². The monoisotopic (exact) mass is 276 g/mol. The van der Waals surface area contributed by atoms with Crippen LogP contribution in [0, 0.1) is 11.8 Å². The van der Waals surface area contributed by atoms with Crippen molar-refractivity contribution in [2.45, 2.75) is 88.8 Å². The molecule has 0 spiro atoms. The SMILES string of the molecule is O/N=C1\C[C@H]2CCC[C@@H](C1)N2C1C[C@H]2CCC[C@@H](C1)C2. The van der Waals surface area contributed by atoms with Gasteiger partial charge >= 0.3 is 0 Å². The standard InChI is InChI=1S/C17H28N2O/c20-18-14-10-15-5-2-6-16(11-14)19(15)17-8-12-3-1-4-13(7-12)9-17/h12-13,15-17,20H,1-11H2/b18-14-/t12-,13+,15-,16+,17?/m0/s1. The van der Waals surface area contributed by atoms with Crippen molar-refractivity contribution in [3.63, 3.8) is 0 Å². The zero-order valence-corrected chi connectivity index (χ0v) is 12.5. The fourth-order valence-corrected chi connectivity index (χ4v) is 5.85. The van der Waals surface area contributed by atoms with Gasteiger partial charge in [-0.2, -0.15) is 0 Å². The van der Waals surface area contributed by atoms with Gasteiger partial charge in [-0.1, -0.05) is 30.8 Å². The molecular formula is C17H28N2O. The molecule has 0 amide bonds. The maximum absolute atomic E-state index is 9.14. The van der Waals surface area contributed by atoms with Gasteiger partial charge in [0.05, 0.1) is 5.71 Å². The summed E-state index contributed by atoms with van der Waals surface area (Å²) in [5, 5.41) is 12.7. The average molecular weight is 276 g/mol. The molecule has 3 heteroatoms. The predicted molar refractivity (Wildman–Crippen MR) is 80.2 cm³/mol. The summed E-state index contributed by atoms with van der Waals surface area (Å²) in [7, 11) is 0. The number of fused-ring (bicyclic) bond motifs is 4. The maximum Gasteiger partial charge on any atom is 0.0601 e. The molecule has 2 heterocycles. The third-order valence-electron chi connectivity index (χ3n) is 6.53. The summed E-state index contributed by atoms with van der Waals surface area (Å²) in [6.45, 7) is 0. The average Bonchev–Trinajstić information content (AvgIpc) is 2.45. The quantitative estimate of drug-likeness (QED) is 0.584. The first-order chi connectivity index (χ1) is 9.83. The van der Waals surface area contributed by atoms with Gasteiger partial charge in [0.1, 0.15) is 0 Å². The molecule has 0 aromatic heterocycles. The Balaban J connectivity index is 1.52. The van der Waals surface area contributed by atoms with E-state index in [1.807, 2.05) is 0 Å². The Morgan fingerprint density at radius 2 is 1.40 bits per heavy atom. The summed E-state index contributed by atoms with van der Waals surface area (Å²) >= 11 is 0. The van der Waals surface area contributed by atoms with Crippen molar-refractivity contribution in [1.82, 2.24) is 4.90 Å². The summed E-state index contributed by atoms with van der Waals surface area (Å²) in [6.07, 6.45) is 15.0. The minimum absolute atomic E-state index is 0.678. The second-order valence-electron chi connectivity index (χ2n) is 7.78. The van der Waals surface area contributed by atoms with E-state index in [9.17, 15) is 0 Å². The van der Waals surface area contributed by atoms with Crippen molar-refractivity contribution in [3.8, 4) is 0 Å². The predicted octanol–water partition coefficient (Wildman–Crippen LogP) is 3.80. The number of piperidine rings is 2. The van der Waals surface area contributed by atoms with E-state index in [4.69, 9.17) is 5.21 Å². The summed E-state index contributed by atoms with van der Waals surface area (Å²) < 4.78 is 0. The number of nitrogens with zero attached hydrogens (tertiary/aromatic N) is 2. The molecule has 4 bridgehead atoms. The first-order valence-electron chi connectivity index (χ1n) is 8.80. The second-order valence-corrected chi connectivity index (χ2v) is 7.78. The number of hydrogen-bond acceptors (Lipinski definition) is 3. The highest BCUT2D eigenvalue weighted by molar-refractivity contribution is 5.86. The summed E-state index contributed by atoms with van der Waals surface area (Å²) in [5.41, 5.74) is 1.06. The zero-order valence-electron chi connectivity index (χ0n) is 12.5. The highest BCUT2D eigenvalue weighted by Gasteiger charge is 2.43. The minimum Gasteiger partial charge on any atom is -0.411 e. The highest BCUT2D eigenvalue weighted by Crippen LogP contribution is 2.45. The van der Waals surface area contributed by atoms with Crippen molar-refractivity contribution in [2.24, 2.45) is 17.0 Å². The molecule has 1 unspecified atom stereocenters. The maximum atomic E-state index is 9.14. The molecule has 2 saturated carbocycles. The Morgan fingerprint density at radius 3 is 2.00 bits per heavy atom. The second kappa shape index (κ2) is 5.32. The Kier molecular flexibility index (Phi) is 3.49. The summed E-state index contributed by atoms with van der Waals surface area (Å²) in [4.78, 5) is 2.89. The summed E-state index contributed by atoms with van der Waals surface area (Å²) in [6, 6.07) is 2.20. The molecule has 4 aliphatic rings. The van der Waals surface area contributed by atoms with Crippen molar-refractivity contribution in [2.75, 3.05) is 0 Å². The first-order valence-corrected chi connectivity index (χ1v) is 8.80. The molecule has 1 N–H and O–H groups in total. The largest absolute Gasteiger partial charge is 0.411 e. The molecule has 0 radical (unpaired) electrons. The topological polar surface area (TPSA) is 35.8 Å². The van der Waals surface area contributed by atoms with Crippen LogP contribution in [0.25, 0.3) is 0 Å². The molecule has 20 heavy (non-hydrogen) atoms. The van der Waals surface area contributed by atoms with Gasteiger partial charge in [0, 0.05) is 31.0 Å². The molecule has 0 aromatic rings. The Labute approximate surface area is 122 Å². The van der Waals surface area contributed by atoms with Crippen LogP contribution in [-0.4, -0.2) is 33.9 Å². The van der Waals surface area contributed by atoms with Crippen molar-refractivity contribution < 1.29 is 5.21 Å². The lowest BCUT2D eigenvalue weighted by atomic mass is 9.68. The zero-order chi connectivity index (χ0) is 13.5. The lowest BCUT2D eigenvalue weighted by Gasteiger charge is -2.53. The Morgan fingerprint density at radius 1 is 0.800 bits per heavy atom. The Hall–Kier alpha value is -0.570. The number of oxime groups is 1. The number of hydrogen-bond donors (Lipinski definition) is 1. The van der Waals surface area contributed by atoms with Crippen LogP contribution < -0.4 is 0 Å². The van der Waals surface area contributed by atoms with Gasteiger partial charge in [-0.15, -0.1) is 0 Å². The molecule has 2 aliphatic heterocycles. The van der Waals surface area contributed by atoms with Crippen LogP contribution in [0.3, 0.4) is 0 Å². The van der Waals surface area contributed by atoms with Crippen LogP contribution >= 0.6 is 0 Å². The highest BCUT2D eigenvalue weighted by atomic mass is 16.4. The van der Waals surface area contributed by atoms with E-state index in [1.54, 1.807) is 0 Å². The fraction of sp³-hybridized carbons (Fsp3) is 0.941. The Bertz CT molecular complexity index is 366. The lowest BCUT2D eigenvalue weighted by molar-refractivity contribution is -0.0150. The normalized spacial score (nSPS) is 47.4. The van der Waals surface area contributed by atoms with Crippen LogP contribution in [-0.2, 0) is 0 Å². The van der Waals surface area contributed by atoms with Gasteiger partial charge in [-0.25, -0.2) is 0 Å². The van der Waals surface area contributed by atoms with Gasteiger partial charge in [0.2, 0.25) is 0 Å². The fourth-order valence-electron chi connectivity index (χ4n) is 5.85. The molecule has 2 aliphatic carbocycles. The van der Waals surface area contributed by atoms with Crippen LogP contribution in [0.1, 0.15) is 70.6 Å². The van der Waals surface area contributed by atoms with Crippen LogP contribution in [0.2, 0.25) is 0 Å². The molecule has 4 fully saturated rings. The molecular weight excluding hydrogens is 248 g/mol. The van der Waals surface area contributed by atoms with E-state index in [2.05, 4.69) is 10.1 Å². The third-order valence-corrected chi connectivity index (χ3v) is 6.53. The van der Waals surface area contributed by atoms with Crippen LogP contribution in [0.15, 0.2) is 5.16 Å². The van der Waals surface area contributed by atoms with Crippen molar-refractivity contribution >= 4 is 5.71 Å². The molecule has 2 saturated heterocycles. The molecule has 0 aromatic carbocycles. The van der Waals surface area contributed by atoms with E-state index in [1.165, 1.54) is 57.8 Å². The third kappa shape index (κ3) is 2.28.